The first kappa shape index (κ1) is 82.3. The second-order valence-corrected chi connectivity index (χ2v) is 45.5. The van der Waals surface area contributed by atoms with Gasteiger partial charge in [0.2, 0.25) is 0 Å². The lowest BCUT2D eigenvalue weighted by Gasteiger charge is -2.24. The second kappa shape index (κ2) is 36.8. The minimum Gasteiger partial charge on any atom is -0.343 e. The molecule has 0 amide bonds. The van der Waals surface area contributed by atoms with Crippen LogP contribution in [0.3, 0.4) is 0 Å². The van der Waals surface area contributed by atoms with Gasteiger partial charge >= 0.3 is 0 Å². The van der Waals surface area contributed by atoms with Crippen LogP contribution in [-0.2, 0) is 0 Å². The van der Waals surface area contributed by atoms with Crippen molar-refractivity contribution in [2.24, 2.45) is 0 Å². The molecule has 4 aromatic heterocycles. The maximum atomic E-state index is 13.3. The third-order valence-electron chi connectivity index (χ3n) is 27.8. The zero-order valence-electron chi connectivity index (χ0n) is 71.9. The van der Waals surface area contributed by atoms with E-state index in [1.54, 1.807) is 16.7 Å². The largest absolute Gasteiger partial charge is 0.343 e. The van der Waals surface area contributed by atoms with E-state index in [4.69, 9.17) is 5.26 Å². The number of benzene rings is 12. The summed E-state index contributed by atoms with van der Waals surface area (Å²) in [7, 11) is 7.35. The Hall–Kier alpha value is -9.64. The van der Waals surface area contributed by atoms with Gasteiger partial charge in [0.1, 0.15) is 5.82 Å². The quantitative estimate of drug-likeness (QED) is 0.101. The number of anilines is 8. The van der Waals surface area contributed by atoms with E-state index in [2.05, 4.69) is 268 Å². The summed E-state index contributed by atoms with van der Waals surface area (Å²) in [6.45, 7) is 7.23. The molecule has 5 fully saturated rings. The highest BCUT2D eigenvalue weighted by atomic mass is 32.1. The molecule has 121 heavy (non-hydrogen) atoms. The van der Waals surface area contributed by atoms with Crippen molar-refractivity contribution in [1.29, 1.82) is 5.26 Å². The third kappa shape index (κ3) is 17.2. The van der Waals surface area contributed by atoms with Crippen molar-refractivity contribution in [1.82, 2.24) is 0 Å². The molecule has 0 N–H and O–H groups in total. The van der Waals surface area contributed by atoms with Crippen molar-refractivity contribution in [3.63, 3.8) is 0 Å². The summed E-state index contributed by atoms with van der Waals surface area (Å²) >= 11 is 7.88. The van der Waals surface area contributed by atoms with Gasteiger partial charge in [0.25, 0.3) is 0 Å². The summed E-state index contributed by atoms with van der Waals surface area (Å²) in [5, 5.41) is 21.7. The number of rotatable bonds is 14. The predicted octanol–water partition coefficient (Wildman–Crippen LogP) is 34.1. The Balaban J connectivity index is 0.000000111. The van der Waals surface area contributed by atoms with E-state index in [1.807, 2.05) is 81.7 Å². The van der Waals surface area contributed by atoms with Gasteiger partial charge in [0, 0.05) is 113 Å². The highest BCUT2D eigenvalue weighted by Crippen LogP contribution is 2.52. The molecule has 12 aromatic carbocycles. The molecule has 616 valence electrons. The number of hydrogen-bond donors (Lipinski definition) is 0. The van der Waals surface area contributed by atoms with E-state index in [-0.39, 0.29) is 5.82 Å². The van der Waals surface area contributed by atoms with Crippen LogP contribution >= 0.6 is 45.3 Å². The molecule has 5 aliphatic rings. The monoisotopic (exact) mass is 1680 g/mol. The molecule has 0 aliphatic heterocycles. The summed E-state index contributed by atoms with van der Waals surface area (Å²) in [6, 6.07) is 90.1. The summed E-state index contributed by atoms with van der Waals surface area (Å²) in [5.41, 5.74) is 18.2. The molecule has 5 nitrogen and oxygen atoms in total. The summed E-state index contributed by atoms with van der Waals surface area (Å²) in [6.07, 6.45) is 34.2. The number of fused-ring (bicyclic) bond motifs is 12. The van der Waals surface area contributed by atoms with Gasteiger partial charge in [0.15, 0.2) is 0 Å². The first-order valence-electron chi connectivity index (χ1n) is 45.4. The van der Waals surface area contributed by atoms with Crippen LogP contribution < -0.4 is 24.8 Å². The van der Waals surface area contributed by atoms with Crippen LogP contribution in [0.4, 0.5) is 49.9 Å². The minimum atomic E-state index is -1.28. The van der Waals surface area contributed by atoms with Gasteiger partial charge in [0.05, 0.1) is 61.3 Å². The van der Waals surface area contributed by atoms with Gasteiger partial charge in [-0.05, 0) is 219 Å². The molecule has 0 bridgehead atoms. The maximum absolute atomic E-state index is 13.3. The van der Waals surface area contributed by atoms with Crippen molar-refractivity contribution < 1.29 is 4.39 Å². The fourth-order valence-corrected chi connectivity index (χ4v) is 27.8. The minimum absolute atomic E-state index is 0.200. The van der Waals surface area contributed by atoms with Gasteiger partial charge in [-0.3, -0.25) is 0 Å². The highest BCUT2D eigenvalue weighted by Gasteiger charge is 2.28. The fraction of sp³-hybridized carbons (Fsp3) is 0.336. The Kier molecular flexibility index (Phi) is 25.0. The van der Waals surface area contributed by atoms with E-state index in [9.17, 15) is 4.39 Å². The number of halogens is 1. The Morgan fingerprint density at radius 1 is 0.273 bits per heavy atom. The van der Waals surface area contributed by atoms with Crippen LogP contribution in [0, 0.1) is 17.1 Å². The van der Waals surface area contributed by atoms with E-state index >= 15 is 0 Å². The number of nitrogens with zero attached hydrogens (tertiary/aromatic N) is 5. The van der Waals surface area contributed by atoms with Crippen molar-refractivity contribution in [3.8, 4) is 6.07 Å². The summed E-state index contributed by atoms with van der Waals surface area (Å²) in [5.74, 6) is 3.45. The lowest BCUT2D eigenvalue weighted by molar-refractivity contribution is 0.443. The molecule has 16 aromatic rings. The lowest BCUT2D eigenvalue weighted by atomic mass is 9.84. The van der Waals surface area contributed by atoms with Crippen LogP contribution in [0.1, 0.15) is 223 Å². The third-order valence-corrected chi connectivity index (χ3v) is 35.1. The molecule has 0 saturated heterocycles. The van der Waals surface area contributed by atoms with Gasteiger partial charge in [-0.25, -0.2) is 4.39 Å². The molecule has 0 atom stereocenters. The second-order valence-electron chi connectivity index (χ2n) is 36.4. The molecule has 5 saturated carbocycles. The molecule has 0 spiro atoms. The van der Waals surface area contributed by atoms with Gasteiger partial charge < -0.3 is 19.6 Å². The first-order valence-corrected chi connectivity index (χ1v) is 52.2. The molecular weight excluding hydrogens is 1570 g/mol. The fourth-order valence-electron chi connectivity index (χ4n) is 20.9. The average molecular weight is 1680 g/mol. The number of nitriles is 1. The first-order chi connectivity index (χ1) is 59.2. The Bertz CT molecular complexity index is 6330. The standard InChI is InChI=1S/C31H35NS.C28H33NSSi.C26H24N2S.C25H24FNS/c1-32(25-20-18-23(19-21-25)22-10-4-2-5-11-22)29-17-9-16-28-27-15-8-14-26(30(27)33-31(28)29)24-12-6-3-7-13-24;1-29(21-16-18-22(19-17-21)31(2,3)4)26-15-9-14-25-24-13-8-12-23(27(24)30-28(25)26)20-10-6-5-7-11-20;1-28(20-15-13-18(17-27)14-16-20)24-12-6-11-23-22-10-5-9-21(25(22)29-26(23)24)19-7-3-2-4-8-19;1-27(19-15-13-18(26)14-16-19)23-12-6-11-22-21-10-5-9-20(24(21)28-25(22)23)17-7-3-2-4-8-17/h8-9,14-22,24H,2-7,10-13H2,1H3;8-9,12-20H,5-7,10-11H2,1-4H3;5-6,9-16,19H,2-4,7-8H2,1H3;5-6,9-17H,2-4,7-8H2,1H3. The normalized spacial score (nSPS) is 16.1. The SMILES string of the molecule is CN(c1ccc(C#N)cc1)c1cccc2c1sc1c(C3CCCCC3)cccc12.CN(c1ccc(C2CCCCC2)cc1)c1cccc2c1sc1c(C3CCCCC3)cccc12.CN(c1ccc(F)cc1)c1cccc2c1sc1c(C3CCCCC3)cccc12.CN(c1ccc([Si](C)(C)C)cc1)c1cccc2c1sc1c(C3CCCCC3)cccc12. The summed E-state index contributed by atoms with van der Waals surface area (Å²) in [4.78, 5) is 9.16. The molecule has 4 heterocycles. The Morgan fingerprint density at radius 3 is 0.769 bits per heavy atom. The van der Waals surface area contributed by atoms with E-state index in [0.717, 1.165) is 29.1 Å². The molecular formula is C110H116FN5S4Si. The maximum Gasteiger partial charge on any atom is 0.123 e. The van der Waals surface area contributed by atoms with Crippen LogP contribution in [0.5, 0.6) is 0 Å². The molecule has 0 unspecified atom stereocenters. The zero-order chi connectivity index (χ0) is 82.7. The van der Waals surface area contributed by atoms with Crippen LogP contribution in [-0.4, -0.2) is 36.3 Å². The zero-order valence-corrected chi connectivity index (χ0v) is 76.2. The van der Waals surface area contributed by atoms with Crippen molar-refractivity contribution in [3.05, 3.63) is 282 Å². The Labute approximate surface area is 734 Å². The average Bonchev–Trinajstić information content (AvgIpc) is 1.62. The van der Waals surface area contributed by atoms with Crippen LogP contribution in [0.15, 0.2) is 243 Å². The van der Waals surface area contributed by atoms with Crippen molar-refractivity contribution in [2.45, 2.75) is 210 Å². The van der Waals surface area contributed by atoms with Gasteiger partial charge in [-0.15, -0.1) is 45.3 Å². The van der Waals surface area contributed by atoms with Crippen molar-refractivity contribution >= 4 is 185 Å². The van der Waals surface area contributed by atoms with Crippen molar-refractivity contribution in [2.75, 3.05) is 47.8 Å². The molecule has 11 heteroatoms. The smallest absolute Gasteiger partial charge is 0.123 e. The molecule has 0 radical (unpaired) electrons. The Morgan fingerprint density at radius 2 is 0.504 bits per heavy atom. The van der Waals surface area contributed by atoms with Gasteiger partial charge in [-0.2, -0.15) is 5.26 Å². The molecule has 21 rings (SSSR count). The van der Waals surface area contributed by atoms with E-state index in [1.165, 1.54) is 304 Å². The summed E-state index contributed by atoms with van der Waals surface area (Å²) < 4.78 is 24.8. The number of hydrogen-bond acceptors (Lipinski definition) is 9. The topological polar surface area (TPSA) is 36.8 Å². The van der Waals surface area contributed by atoms with E-state index in [0.29, 0.717) is 17.4 Å². The van der Waals surface area contributed by atoms with Crippen LogP contribution in [0.2, 0.25) is 19.6 Å². The van der Waals surface area contributed by atoms with E-state index < -0.39 is 8.07 Å². The number of thiophene rings is 4. The highest BCUT2D eigenvalue weighted by molar-refractivity contribution is 7.28. The van der Waals surface area contributed by atoms with Gasteiger partial charge in [-0.1, -0.05) is 267 Å². The lowest BCUT2D eigenvalue weighted by Crippen LogP contribution is -2.37. The van der Waals surface area contributed by atoms with Crippen LogP contribution in [0.25, 0.3) is 80.7 Å². The predicted molar refractivity (Wildman–Crippen MR) is 532 cm³/mol. The molecule has 5 aliphatic carbocycles.